The summed E-state index contributed by atoms with van der Waals surface area (Å²) in [6.07, 6.45) is -5.83. The molecule has 7 nitrogen and oxygen atoms in total. The van der Waals surface area contributed by atoms with E-state index in [0.717, 1.165) is 12.1 Å². The van der Waals surface area contributed by atoms with Crippen LogP contribution in [0.1, 0.15) is 5.56 Å². The number of nitrogens with two attached hydrogens (primary N) is 1. The molecule has 1 aliphatic heterocycles. The number of carbonyl (C=O) groups excluding carboxylic acids is 1. The zero-order valence-electron chi connectivity index (χ0n) is 13.1. The number of carbonyl (C=O) groups is 1. The van der Waals surface area contributed by atoms with Gasteiger partial charge < -0.3 is 15.4 Å². The predicted octanol–water partition coefficient (Wildman–Crippen LogP) is 3.00. The summed E-state index contributed by atoms with van der Waals surface area (Å²) >= 11 is 0. The van der Waals surface area contributed by atoms with E-state index in [2.05, 4.69) is 0 Å². The van der Waals surface area contributed by atoms with E-state index in [-0.39, 0.29) is 18.0 Å². The van der Waals surface area contributed by atoms with Crippen LogP contribution in [0, 0.1) is 10.1 Å². The molecule has 136 valence electrons. The Bertz CT molecular complexity index is 885. The average molecular weight is 367 g/mol. The number of ether oxygens (including phenoxy) is 1. The first-order valence-electron chi connectivity index (χ1n) is 7.36. The van der Waals surface area contributed by atoms with Gasteiger partial charge in [0.1, 0.15) is 11.4 Å². The number of para-hydroxylation sites is 2. The zero-order valence-corrected chi connectivity index (χ0v) is 13.1. The van der Waals surface area contributed by atoms with E-state index in [1.165, 1.54) is 11.0 Å². The van der Waals surface area contributed by atoms with Gasteiger partial charge in [-0.2, -0.15) is 13.2 Å². The highest BCUT2D eigenvalue weighted by molar-refractivity contribution is 5.84. The number of anilines is 2. The van der Waals surface area contributed by atoms with Crippen molar-refractivity contribution in [2.24, 2.45) is 5.73 Å². The van der Waals surface area contributed by atoms with E-state index in [0.29, 0.717) is 11.8 Å². The van der Waals surface area contributed by atoms with Gasteiger partial charge in [-0.25, -0.2) is 0 Å². The lowest BCUT2D eigenvalue weighted by atomic mass is 10.1. The van der Waals surface area contributed by atoms with Gasteiger partial charge in [0.05, 0.1) is 22.7 Å². The quantitative estimate of drug-likeness (QED) is 0.664. The molecule has 3 rings (SSSR count). The van der Waals surface area contributed by atoms with Crippen molar-refractivity contribution in [3.63, 3.8) is 0 Å². The van der Waals surface area contributed by atoms with Crippen molar-refractivity contribution in [1.82, 2.24) is 0 Å². The van der Waals surface area contributed by atoms with Crippen molar-refractivity contribution in [2.45, 2.75) is 12.3 Å². The van der Waals surface area contributed by atoms with Crippen molar-refractivity contribution in [2.75, 3.05) is 11.4 Å². The first-order valence-corrected chi connectivity index (χ1v) is 7.36. The lowest BCUT2D eigenvalue weighted by Gasteiger charge is -2.34. The molecule has 10 heteroatoms. The third kappa shape index (κ3) is 3.13. The summed E-state index contributed by atoms with van der Waals surface area (Å²) in [6.45, 7) is -0.168. The number of hydrogen-bond acceptors (Lipinski definition) is 5. The Labute approximate surface area is 144 Å². The monoisotopic (exact) mass is 367 g/mol. The lowest BCUT2D eigenvalue weighted by Crippen LogP contribution is -2.45. The molecule has 0 fully saturated rings. The molecule has 1 amide bonds. The number of alkyl halides is 3. The summed E-state index contributed by atoms with van der Waals surface area (Å²) in [5, 5.41) is 11.4. The highest BCUT2D eigenvalue weighted by Crippen LogP contribution is 2.43. The molecule has 0 saturated heterocycles. The number of nitro benzene ring substituents is 1. The second-order valence-corrected chi connectivity index (χ2v) is 5.55. The van der Waals surface area contributed by atoms with Crippen LogP contribution in [0.15, 0.2) is 42.5 Å². The molecule has 1 aliphatic rings. The fraction of sp³-hybridized carbons (Fsp3) is 0.188. The molecule has 26 heavy (non-hydrogen) atoms. The fourth-order valence-corrected chi connectivity index (χ4v) is 2.68. The summed E-state index contributed by atoms with van der Waals surface area (Å²) in [4.78, 5) is 23.3. The molecule has 2 N–H and O–H groups in total. The number of amides is 1. The third-order valence-electron chi connectivity index (χ3n) is 3.88. The third-order valence-corrected chi connectivity index (χ3v) is 3.88. The van der Waals surface area contributed by atoms with Crippen LogP contribution in [0.2, 0.25) is 0 Å². The first kappa shape index (κ1) is 17.5. The second-order valence-electron chi connectivity index (χ2n) is 5.55. The Balaban J connectivity index is 2.15. The maximum Gasteiger partial charge on any atom is 0.416 e. The molecule has 0 aromatic heterocycles. The molecule has 2 aromatic carbocycles. The predicted molar refractivity (Wildman–Crippen MR) is 85.2 cm³/mol. The summed E-state index contributed by atoms with van der Waals surface area (Å²) < 4.78 is 44.1. The van der Waals surface area contributed by atoms with Gasteiger partial charge in [-0.3, -0.25) is 14.9 Å². The molecule has 0 radical (unpaired) electrons. The average Bonchev–Trinajstić information content (AvgIpc) is 2.59. The van der Waals surface area contributed by atoms with Crippen LogP contribution in [-0.2, 0) is 11.0 Å². The minimum absolute atomic E-state index is 0.0926. The summed E-state index contributed by atoms with van der Waals surface area (Å²) in [5.41, 5.74) is 3.69. The van der Waals surface area contributed by atoms with Gasteiger partial charge in [0.25, 0.3) is 11.6 Å². The van der Waals surface area contributed by atoms with Gasteiger partial charge in [-0.15, -0.1) is 0 Å². The number of halogens is 3. The van der Waals surface area contributed by atoms with Crippen LogP contribution in [0.4, 0.5) is 30.2 Å². The van der Waals surface area contributed by atoms with E-state index >= 15 is 0 Å². The Hall–Kier alpha value is -3.30. The van der Waals surface area contributed by atoms with Gasteiger partial charge >= 0.3 is 6.18 Å². The van der Waals surface area contributed by atoms with E-state index < -0.39 is 34.4 Å². The molecular formula is C16H12F3N3O4. The van der Waals surface area contributed by atoms with Gasteiger partial charge in [0.15, 0.2) is 6.10 Å². The number of nitro groups is 1. The molecule has 0 unspecified atom stereocenters. The molecule has 0 aliphatic carbocycles. The van der Waals surface area contributed by atoms with E-state index in [1.807, 2.05) is 0 Å². The molecule has 1 heterocycles. The van der Waals surface area contributed by atoms with Crippen molar-refractivity contribution < 1.29 is 27.6 Å². The van der Waals surface area contributed by atoms with E-state index in [4.69, 9.17) is 10.5 Å². The van der Waals surface area contributed by atoms with Crippen LogP contribution in [0.3, 0.4) is 0 Å². The minimum Gasteiger partial charge on any atom is -0.477 e. The normalized spacial score (nSPS) is 16.6. The van der Waals surface area contributed by atoms with Gasteiger partial charge in [-0.05, 0) is 24.3 Å². The summed E-state index contributed by atoms with van der Waals surface area (Å²) in [7, 11) is 0. The van der Waals surface area contributed by atoms with Crippen LogP contribution in [0.5, 0.6) is 5.75 Å². The number of fused-ring (bicyclic) bond motifs is 1. The molecule has 2 aromatic rings. The van der Waals surface area contributed by atoms with Crippen molar-refractivity contribution in [3.05, 3.63) is 58.1 Å². The molecule has 1 atom stereocenters. The van der Waals surface area contributed by atoms with Crippen molar-refractivity contribution in [1.29, 1.82) is 0 Å². The Morgan fingerprint density at radius 2 is 1.92 bits per heavy atom. The Kier molecular flexibility index (Phi) is 4.18. The minimum atomic E-state index is -4.72. The lowest BCUT2D eigenvalue weighted by molar-refractivity contribution is -0.384. The van der Waals surface area contributed by atoms with Crippen LogP contribution >= 0.6 is 0 Å². The molecule has 0 spiro atoms. The molecular weight excluding hydrogens is 355 g/mol. The number of nitrogens with zero attached hydrogens (tertiary/aromatic N) is 2. The molecule has 0 saturated carbocycles. The van der Waals surface area contributed by atoms with Crippen LogP contribution in [0.25, 0.3) is 0 Å². The van der Waals surface area contributed by atoms with E-state index in [1.54, 1.807) is 18.2 Å². The smallest absolute Gasteiger partial charge is 0.416 e. The van der Waals surface area contributed by atoms with Crippen molar-refractivity contribution >= 4 is 23.0 Å². The number of rotatable bonds is 3. The highest BCUT2D eigenvalue weighted by Gasteiger charge is 2.36. The Morgan fingerprint density at radius 3 is 2.54 bits per heavy atom. The topological polar surface area (TPSA) is 98.7 Å². The SMILES string of the molecule is NC(=O)[C@@H]1CN(c2ccc(C(F)(F)F)cc2[N+](=O)[O-])c2ccccc2O1. The van der Waals surface area contributed by atoms with Gasteiger partial charge in [0, 0.05) is 6.07 Å². The van der Waals surface area contributed by atoms with Crippen molar-refractivity contribution in [3.8, 4) is 5.75 Å². The van der Waals surface area contributed by atoms with Crippen LogP contribution in [-0.4, -0.2) is 23.5 Å². The fourth-order valence-electron chi connectivity index (χ4n) is 2.68. The maximum atomic E-state index is 12.9. The number of hydrogen-bond donors (Lipinski definition) is 1. The van der Waals surface area contributed by atoms with Crippen LogP contribution < -0.4 is 15.4 Å². The zero-order chi connectivity index (χ0) is 19.1. The van der Waals surface area contributed by atoms with E-state index in [9.17, 15) is 28.1 Å². The highest BCUT2D eigenvalue weighted by atomic mass is 19.4. The Morgan fingerprint density at radius 1 is 1.23 bits per heavy atom. The van der Waals surface area contributed by atoms with Gasteiger partial charge in [-0.1, -0.05) is 12.1 Å². The number of primary amides is 1. The first-order chi connectivity index (χ1) is 12.2. The number of benzene rings is 2. The van der Waals surface area contributed by atoms with Gasteiger partial charge in [0.2, 0.25) is 0 Å². The standard InChI is InChI=1S/C16H12F3N3O4/c17-16(18,19)9-5-6-10(12(7-9)22(24)25)21-8-14(15(20)23)26-13-4-2-1-3-11(13)21/h1-7,14H,8H2,(H2,20,23)/t14-/m0/s1. The summed E-state index contributed by atoms with van der Waals surface area (Å²) in [5.74, 6) is -0.546. The summed E-state index contributed by atoms with van der Waals surface area (Å²) in [6, 6.07) is 8.59. The second kappa shape index (κ2) is 6.21. The molecule has 0 bridgehead atoms. The largest absolute Gasteiger partial charge is 0.477 e. The maximum absolute atomic E-state index is 12.9.